The molecule has 0 radical (unpaired) electrons. The zero-order chi connectivity index (χ0) is 17.5. The molecule has 0 heterocycles. The summed E-state index contributed by atoms with van der Waals surface area (Å²) in [4.78, 5) is 11.7. The molecule has 2 aromatic carbocycles. The molecule has 0 aliphatic carbocycles. The fraction of sp³-hybridized carbons (Fsp3) is 0.211. The molecule has 5 heteroatoms. The molecule has 24 heavy (non-hydrogen) atoms. The molecule has 0 amide bonds. The fourth-order valence-corrected chi connectivity index (χ4v) is 2.28. The lowest BCUT2D eigenvalue weighted by Gasteiger charge is -2.10. The maximum atomic E-state index is 11.7. The smallest absolute Gasteiger partial charge is 0.336 e. The number of aliphatic carboxylic acids is 1. The summed E-state index contributed by atoms with van der Waals surface area (Å²) in [6.45, 7) is 2.39. The van der Waals surface area contributed by atoms with Crippen LogP contribution in [-0.4, -0.2) is 31.9 Å². The van der Waals surface area contributed by atoms with Crippen LogP contribution in [0.25, 0.3) is 11.6 Å². The van der Waals surface area contributed by atoms with E-state index in [1.54, 1.807) is 55.7 Å². The number of rotatable bonds is 7. The topological polar surface area (TPSA) is 65.0 Å². The van der Waals surface area contributed by atoms with Gasteiger partial charge in [0.1, 0.15) is 17.2 Å². The van der Waals surface area contributed by atoms with Gasteiger partial charge in [0.15, 0.2) is 0 Å². The Hall–Kier alpha value is -2.95. The molecule has 2 aromatic rings. The molecule has 0 unspecified atom stereocenters. The minimum atomic E-state index is -1.03. The van der Waals surface area contributed by atoms with Crippen molar-refractivity contribution in [2.75, 3.05) is 20.8 Å². The first-order valence-electron chi connectivity index (χ1n) is 7.49. The number of carboxylic acids is 1. The van der Waals surface area contributed by atoms with E-state index < -0.39 is 5.97 Å². The second-order valence-electron chi connectivity index (χ2n) is 4.93. The number of hydrogen-bond donors (Lipinski definition) is 1. The fourth-order valence-electron chi connectivity index (χ4n) is 2.28. The molecule has 126 valence electrons. The Morgan fingerprint density at radius 2 is 1.88 bits per heavy atom. The van der Waals surface area contributed by atoms with E-state index in [4.69, 9.17) is 14.2 Å². The Labute approximate surface area is 141 Å². The Bertz CT molecular complexity index is 749. The maximum Gasteiger partial charge on any atom is 0.336 e. The highest BCUT2D eigenvalue weighted by Gasteiger charge is 2.13. The molecular weight excluding hydrogens is 308 g/mol. The minimum Gasteiger partial charge on any atom is -0.497 e. The van der Waals surface area contributed by atoms with Gasteiger partial charge in [0.2, 0.25) is 0 Å². The Kier molecular flexibility index (Phi) is 5.84. The van der Waals surface area contributed by atoms with Gasteiger partial charge in [0, 0.05) is 11.6 Å². The first-order chi connectivity index (χ1) is 11.6. The van der Waals surface area contributed by atoms with Gasteiger partial charge in [0.25, 0.3) is 0 Å². The van der Waals surface area contributed by atoms with Crippen LogP contribution in [0.4, 0.5) is 0 Å². The van der Waals surface area contributed by atoms with Gasteiger partial charge in [-0.1, -0.05) is 12.1 Å². The summed E-state index contributed by atoms with van der Waals surface area (Å²) in [5, 5.41) is 9.60. The predicted octanol–water partition coefficient (Wildman–Crippen LogP) is 3.73. The number of ether oxygens (including phenoxy) is 3. The molecular formula is C19H20O5. The zero-order valence-electron chi connectivity index (χ0n) is 13.9. The Morgan fingerprint density at radius 1 is 1.08 bits per heavy atom. The minimum absolute atomic E-state index is 0.153. The zero-order valence-corrected chi connectivity index (χ0v) is 13.9. The van der Waals surface area contributed by atoms with Crippen LogP contribution in [0.15, 0.2) is 42.5 Å². The van der Waals surface area contributed by atoms with Crippen molar-refractivity contribution in [2.24, 2.45) is 0 Å². The second kappa shape index (κ2) is 8.06. The molecule has 0 fully saturated rings. The highest BCUT2D eigenvalue weighted by atomic mass is 16.5. The van der Waals surface area contributed by atoms with Crippen LogP contribution >= 0.6 is 0 Å². The largest absolute Gasteiger partial charge is 0.497 e. The third kappa shape index (κ3) is 4.07. The third-order valence-electron chi connectivity index (χ3n) is 3.43. The van der Waals surface area contributed by atoms with E-state index in [1.165, 1.54) is 7.11 Å². The highest BCUT2D eigenvalue weighted by Crippen LogP contribution is 2.29. The lowest BCUT2D eigenvalue weighted by Crippen LogP contribution is -2.01. The third-order valence-corrected chi connectivity index (χ3v) is 3.43. The van der Waals surface area contributed by atoms with E-state index in [1.807, 2.05) is 6.92 Å². The van der Waals surface area contributed by atoms with Crippen LogP contribution in [-0.2, 0) is 4.79 Å². The lowest BCUT2D eigenvalue weighted by atomic mass is 10.0. The van der Waals surface area contributed by atoms with Crippen molar-refractivity contribution in [1.82, 2.24) is 0 Å². The summed E-state index contributed by atoms with van der Waals surface area (Å²) in [6, 6.07) is 12.2. The molecule has 0 aliphatic rings. The molecule has 0 saturated carbocycles. The van der Waals surface area contributed by atoms with Crippen LogP contribution < -0.4 is 14.2 Å². The quantitative estimate of drug-likeness (QED) is 0.620. The monoisotopic (exact) mass is 328 g/mol. The predicted molar refractivity (Wildman–Crippen MR) is 92.7 cm³/mol. The first kappa shape index (κ1) is 17.4. The van der Waals surface area contributed by atoms with E-state index in [-0.39, 0.29) is 5.57 Å². The number of benzene rings is 2. The van der Waals surface area contributed by atoms with Gasteiger partial charge in [-0.2, -0.15) is 0 Å². The average molecular weight is 328 g/mol. The van der Waals surface area contributed by atoms with Crippen molar-refractivity contribution in [1.29, 1.82) is 0 Å². The Morgan fingerprint density at radius 3 is 2.50 bits per heavy atom. The first-order valence-corrected chi connectivity index (χ1v) is 7.49. The molecule has 0 bridgehead atoms. The highest BCUT2D eigenvalue weighted by molar-refractivity contribution is 6.20. The lowest BCUT2D eigenvalue weighted by molar-refractivity contribution is -0.130. The summed E-state index contributed by atoms with van der Waals surface area (Å²) >= 11 is 0. The van der Waals surface area contributed by atoms with Crippen molar-refractivity contribution in [3.8, 4) is 17.2 Å². The van der Waals surface area contributed by atoms with Crippen LogP contribution in [0.1, 0.15) is 18.1 Å². The molecule has 5 nitrogen and oxygen atoms in total. The molecule has 0 spiro atoms. The molecule has 0 saturated heterocycles. The van der Waals surface area contributed by atoms with E-state index in [0.29, 0.717) is 35.0 Å². The molecule has 0 atom stereocenters. The number of hydrogen-bond acceptors (Lipinski definition) is 4. The van der Waals surface area contributed by atoms with Gasteiger partial charge in [-0.3, -0.25) is 0 Å². The standard InChI is InChI=1S/C19H20O5/c1-4-24-16-7-5-6-13(10-16)17(19(20)21)11-14-8-9-15(22-2)12-18(14)23-3/h5-12H,4H2,1-3H3,(H,20,21)/b17-11-. The van der Waals surface area contributed by atoms with Crippen LogP contribution in [0.2, 0.25) is 0 Å². The van der Waals surface area contributed by atoms with Gasteiger partial charge < -0.3 is 19.3 Å². The molecule has 0 aliphatic heterocycles. The number of carboxylic acid groups (broad SMARTS) is 1. The summed E-state index contributed by atoms with van der Waals surface area (Å²) in [5.41, 5.74) is 1.36. The summed E-state index contributed by atoms with van der Waals surface area (Å²) in [7, 11) is 3.09. The molecule has 0 aromatic heterocycles. The van der Waals surface area contributed by atoms with Gasteiger partial charge >= 0.3 is 5.97 Å². The molecule has 1 N–H and O–H groups in total. The normalized spacial score (nSPS) is 11.0. The average Bonchev–Trinajstić information content (AvgIpc) is 2.59. The van der Waals surface area contributed by atoms with Gasteiger partial charge in [-0.05, 0) is 42.8 Å². The van der Waals surface area contributed by atoms with Crippen molar-refractivity contribution in [3.63, 3.8) is 0 Å². The van der Waals surface area contributed by atoms with Gasteiger partial charge in [-0.25, -0.2) is 4.79 Å². The maximum absolute atomic E-state index is 11.7. The van der Waals surface area contributed by atoms with Crippen molar-refractivity contribution >= 4 is 17.6 Å². The van der Waals surface area contributed by atoms with Crippen molar-refractivity contribution < 1.29 is 24.1 Å². The van der Waals surface area contributed by atoms with Crippen molar-refractivity contribution in [2.45, 2.75) is 6.92 Å². The van der Waals surface area contributed by atoms with E-state index in [0.717, 1.165) is 0 Å². The van der Waals surface area contributed by atoms with Crippen LogP contribution in [0.3, 0.4) is 0 Å². The summed E-state index contributed by atoms with van der Waals surface area (Å²) < 4.78 is 15.9. The van der Waals surface area contributed by atoms with E-state index in [9.17, 15) is 9.90 Å². The van der Waals surface area contributed by atoms with Crippen molar-refractivity contribution in [3.05, 3.63) is 53.6 Å². The van der Waals surface area contributed by atoms with Crippen LogP contribution in [0, 0.1) is 0 Å². The summed E-state index contributed by atoms with van der Waals surface area (Å²) in [6.07, 6.45) is 1.58. The van der Waals surface area contributed by atoms with Crippen LogP contribution in [0.5, 0.6) is 17.2 Å². The van der Waals surface area contributed by atoms with Gasteiger partial charge in [-0.15, -0.1) is 0 Å². The number of carbonyl (C=O) groups is 1. The number of methoxy groups -OCH3 is 2. The molecule has 2 rings (SSSR count). The van der Waals surface area contributed by atoms with E-state index in [2.05, 4.69) is 0 Å². The van der Waals surface area contributed by atoms with E-state index >= 15 is 0 Å². The van der Waals surface area contributed by atoms with Gasteiger partial charge in [0.05, 0.1) is 26.4 Å². The Balaban J connectivity index is 2.50. The second-order valence-corrected chi connectivity index (χ2v) is 4.93. The SMILES string of the molecule is CCOc1cccc(/C(=C/c2ccc(OC)cc2OC)C(=O)O)c1. The summed E-state index contributed by atoms with van der Waals surface area (Å²) in [5.74, 6) is 0.777.